The van der Waals surface area contributed by atoms with Crippen molar-refractivity contribution in [3.8, 4) is 11.1 Å². The van der Waals surface area contributed by atoms with Crippen LogP contribution in [0.2, 0.25) is 0 Å². The van der Waals surface area contributed by atoms with Crippen LogP contribution in [0.25, 0.3) is 11.1 Å². The normalized spacial score (nSPS) is 11.5. The Bertz CT molecular complexity index is 795. The largest absolute Gasteiger partial charge is 0.416 e. The van der Waals surface area contributed by atoms with Crippen LogP contribution in [0.5, 0.6) is 0 Å². The molecule has 0 bridgehead atoms. The highest BCUT2D eigenvalue weighted by molar-refractivity contribution is 7.98. The van der Waals surface area contributed by atoms with Crippen molar-refractivity contribution < 1.29 is 18.0 Å². The molecule has 0 aromatic heterocycles. The number of halogens is 3. The molecule has 6 heteroatoms. The number of thioether (sulfide) groups is 1. The number of nitrogens with zero attached hydrogens (tertiary/aromatic N) is 1. The van der Waals surface area contributed by atoms with E-state index in [1.165, 1.54) is 23.9 Å². The highest BCUT2D eigenvalue weighted by atomic mass is 32.2. The molecule has 0 atom stereocenters. The molecule has 29 heavy (non-hydrogen) atoms. The lowest BCUT2D eigenvalue weighted by Gasteiger charge is -2.29. The van der Waals surface area contributed by atoms with Crippen LogP contribution in [-0.4, -0.2) is 25.6 Å². The van der Waals surface area contributed by atoms with Crippen LogP contribution < -0.4 is 4.90 Å². The summed E-state index contributed by atoms with van der Waals surface area (Å²) in [5, 5.41) is 0. The van der Waals surface area contributed by atoms with Crippen LogP contribution in [0.4, 0.5) is 18.9 Å². The Balaban J connectivity index is 2.63. The van der Waals surface area contributed by atoms with E-state index in [2.05, 4.69) is 18.7 Å². The number of rotatable bonds is 10. The lowest BCUT2D eigenvalue weighted by Crippen LogP contribution is -2.26. The van der Waals surface area contributed by atoms with Crippen molar-refractivity contribution in [2.45, 2.75) is 50.6 Å². The summed E-state index contributed by atoms with van der Waals surface area (Å²) in [6.07, 6.45) is 2.49. The summed E-state index contributed by atoms with van der Waals surface area (Å²) in [5.74, 6) is 0. The summed E-state index contributed by atoms with van der Waals surface area (Å²) in [6, 6.07) is 8.98. The Hall–Kier alpha value is -1.95. The quantitative estimate of drug-likeness (QED) is 0.295. The van der Waals surface area contributed by atoms with Crippen molar-refractivity contribution in [1.29, 1.82) is 0 Å². The molecule has 2 nitrogen and oxygen atoms in total. The lowest BCUT2D eigenvalue weighted by molar-refractivity contribution is -0.137. The van der Waals surface area contributed by atoms with Gasteiger partial charge in [-0.25, -0.2) is 0 Å². The van der Waals surface area contributed by atoms with Gasteiger partial charge < -0.3 is 4.90 Å². The van der Waals surface area contributed by atoms with Gasteiger partial charge in [-0.2, -0.15) is 13.2 Å². The van der Waals surface area contributed by atoms with Crippen molar-refractivity contribution in [1.82, 2.24) is 0 Å². The Morgan fingerprint density at radius 2 is 1.59 bits per heavy atom. The van der Waals surface area contributed by atoms with Crippen LogP contribution in [-0.2, 0) is 6.18 Å². The third kappa shape index (κ3) is 6.01. The maximum absolute atomic E-state index is 13.0. The highest BCUT2D eigenvalue weighted by Crippen LogP contribution is 2.41. The molecule has 0 heterocycles. The van der Waals surface area contributed by atoms with Crippen molar-refractivity contribution in [3.05, 3.63) is 47.5 Å². The number of hydrogen-bond donors (Lipinski definition) is 0. The monoisotopic (exact) mass is 423 g/mol. The standard InChI is InChI=1S/C23H28F3NOS/c1-4-6-12-27(13-7-5-2)20-14-17(16-28)15-21(29-3)22(20)18-8-10-19(11-9-18)23(24,25)26/h8-11,14-16H,4-7,12-13H2,1-3H3. The van der Waals surface area contributed by atoms with Crippen LogP contribution in [0.15, 0.2) is 41.3 Å². The topological polar surface area (TPSA) is 20.3 Å². The van der Waals surface area contributed by atoms with Gasteiger partial charge >= 0.3 is 6.18 Å². The van der Waals surface area contributed by atoms with Crippen LogP contribution in [0.3, 0.4) is 0 Å². The third-order valence-corrected chi connectivity index (χ3v) is 5.63. The fraction of sp³-hybridized carbons (Fsp3) is 0.435. The zero-order chi connectivity index (χ0) is 21.4. The average molecular weight is 424 g/mol. The number of unbranched alkanes of at least 4 members (excludes halogenated alkanes) is 2. The first-order chi connectivity index (χ1) is 13.8. The first kappa shape index (κ1) is 23.3. The molecule has 0 spiro atoms. The van der Waals surface area contributed by atoms with Crippen LogP contribution >= 0.6 is 11.8 Å². The second-order valence-corrected chi connectivity index (χ2v) is 7.85. The molecule has 0 aliphatic heterocycles. The summed E-state index contributed by atoms with van der Waals surface area (Å²) >= 11 is 1.50. The minimum Gasteiger partial charge on any atom is -0.371 e. The van der Waals surface area contributed by atoms with Gasteiger partial charge in [0.2, 0.25) is 0 Å². The Labute approximate surface area is 175 Å². The molecule has 0 unspecified atom stereocenters. The molecule has 0 fully saturated rings. The summed E-state index contributed by atoms with van der Waals surface area (Å²) in [7, 11) is 0. The second-order valence-electron chi connectivity index (χ2n) is 7.00. The molecule has 158 valence electrons. The van der Waals surface area contributed by atoms with Crippen molar-refractivity contribution in [3.63, 3.8) is 0 Å². The van der Waals surface area contributed by atoms with Gasteiger partial charge in [0.05, 0.1) is 5.56 Å². The zero-order valence-electron chi connectivity index (χ0n) is 17.2. The van der Waals surface area contributed by atoms with Gasteiger partial charge in [-0.1, -0.05) is 38.8 Å². The van der Waals surface area contributed by atoms with Gasteiger partial charge in [-0.15, -0.1) is 11.8 Å². The van der Waals surface area contributed by atoms with E-state index in [0.717, 1.165) is 78.9 Å². The second kappa shape index (κ2) is 10.7. The summed E-state index contributed by atoms with van der Waals surface area (Å²) in [5.41, 5.74) is 2.46. The highest BCUT2D eigenvalue weighted by Gasteiger charge is 2.30. The molecule has 0 aliphatic carbocycles. The van der Waals surface area contributed by atoms with E-state index < -0.39 is 11.7 Å². The van der Waals surface area contributed by atoms with Gasteiger partial charge in [0.25, 0.3) is 0 Å². The maximum Gasteiger partial charge on any atom is 0.416 e. The number of hydrogen-bond acceptors (Lipinski definition) is 3. The summed E-state index contributed by atoms with van der Waals surface area (Å²) in [4.78, 5) is 14.7. The van der Waals surface area contributed by atoms with Crippen molar-refractivity contribution in [2.75, 3.05) is 24.2 Å². The minimum absolute atomic E-state index is 0.581. The van der Waals surface area contributed by atoms with Crippen LogP contribution in [0.1, 0.15) is 55.5 Å². The molecule has 0 amide bonds. The average Bonchev–Trinajstić information content (AvgIpc) is 2.72. The van der Waals surface area contributed by atoms with Gasteiger partial charge in [0, 0.05) is 34.8 Å². The number of anilines is 1. The Morgan fingerprint density at radius 1 is 1.00 bits per heavy atom. The lowest BCUT2D eigenvalue weighted by atomic mass is 9.98. The first-order valence-electron chi connectivity index (χ1n) is 9.95. The maximum atomic E-state index is 13.0. The Kier molecular flexibility index (Phi) is 8.62. The molecule has 2 aromatic rings. The van der Waals surface area contributed by atoms with E-state index in [9.17, 15) is 18.0 Å². The molecule has 2 rings (SSSR count). The minimum atomic E-state index is -4.36. The van der Waals surface area contributed by atoms with Crippen molar-refractivity contribution in [2.24, 2.45) is 0 Å². The SMILES string of the molecule is CCCCN(CCCC)c1cc(C=O)cc(SC)c1-c1ccc(C(F)(F)F)cc1. The van der Waals surface area contributed by atoms with Gasteiger partial charge in [0.1, 0.15) is 6.29 Å². The number of aldehydes is 1. The van der Waals surface area contributed by atoms with Crippen molar-refractivity contribution >= 4 is 23.7 Å². The van der Waals surface area contributed by atoms with E-state index in [0.29, 0.717) is 5.56 Å². The molecule has 0 radical (unpaired) electrons. The number of carbonyl (C=O) groups excluding carboxylic acids is 1. The fourth-order valence-corrected chi connectivity index (χ4v) is 3.95. The number of benzene rings is 2. The first-order valence-corrected chi connectivity index (χ1v) is 11.2. The summed E-state index contributed by atoms with van der Waals surface area (Å²) < 4.78 is 39.0. The van der Waals surface area contributed by atoms with Crippen LogP contribution in [0, 0.1) is 0 Å². The van der Waals surface area contributed by atoms with E-state index in [1.807, 2.05) is 18.4 Å². The smallest absolute Gasteiger partial charge is 0.371 e. The molecule has 0 N–H and O–H groups in total. The molecular weight excluding hydrogens is 395 g/mol. The van der Waals surface area contributed by atoms with E-state index in [-0.39, 0.29) is 0 Å². The van der Waals surface area contributed by atoms with Gasteiger partial charge in [-0.05, 0) is 48.9 Å². The summed E-state index contributed by atoms with van der Waals surface area (Å²) in [6.45, 7) is 5.95. The van der Waals surface area contributed by atoms with E-state index in [4.69, 9.17) is 0 Å². The molecule has 0 saturated heterocycles. The zero-order valence-corrected chi connectivity index (χ0v) is 18.0. The number of alkyl halides is 3. The Morgan fingerprint density at radius 3 is 2.03 bits per heavy atom. The fourth-order valence-electron chi connectivity index (χ4n) is 3.27. The third-order valence-electron chi connectivity index (χ3n) is 4.86. The van der Waals surface area contributed by atoms with Gasteiger partial charge in [0.15, 0.2) is 0 Å². The van der Waals surface area contributed by atoms with Gasteiger partial charge in [-0.3, -0.25) is 4.79 Å². The predicted molar refractivity (Wildman–Crippen MR) is 116 cm³/mol. The predicted octanol–water partition coefficient (Wildman–Crippen LogP) is 7.31. The van der Waals surface area contributed by atoms with E-state index in [1.54, 1.807) is 0 Å². The van der Waals surface area contributed by atoms with E-state index >= 15 is 0 Å². The molecule has 0 aliphatic rings. The molecule has 0 saturated carbocycles. The number of carbonyl (C=O) groups is 1. The molecular formula is C23H28F3NOS. The molecule has 2 aromatic carbocycles.